The number of aliphatic hydroxyl groups is 1. The normalized spacial score (nSPS) is 9.33. The standard InChI is InChI=1S/C7H5NO3Se/c9-7(12)5-1-3-6(4-2-5)8(10)11/h1-4H,(H,9,12). The molecule has 0 spiro atoms. The SMILES string of the molecule is O=[N+]([O-])c1ccc(C(O)=[Se])cc1. The third-order valence-electron chi connectivity index (χ3n) is 1.33. The van der Waals surface area contributed by atoms with Crippen molar-refractivity contribution in [3.8, 4) is 0 Å². The molecule has 0 unspecified atom stereocenters. The molecule has 5 heteroatoms. The number of nitrogens with zero attached hydrogens (tertiary/aromatic N) is 1. The van der Waals surface area contributed by atoms with Gasteiger partial charge in [0.1, 0.15) is 0 Å². The van der Waals surface area contributed by atoms with Crippen molar-refractivity contribution in [3.63, 3.8) is 0 Å². The fraction of sp³-hybridized carbons (Fsp3) is 0. The third kappa shape index (κ3) is 1.90. The second kappa shape index (κ2) is 3.47. The van der Waals surface area contributed by atoms with E-state index in [-0.39, 0.29) is 10.3 Å². The summed E-state index contributed by atoms with van der Waals surface area (Å²) in [6.45, 7) is 0. The summed E-state index contributed by atoms with van der Waals surface area (Å²) in [6, 6.07) is 5.62. The Kier molecular flexibility index (Phi) is 2.57. The van der Waals surface area contributed by atoms with Crippen LogP contribution in [0.25, 0.3) is 0 Å². The van der Waals surface area contributed by atoms with E-state index >= 15 is 0 Å². The van der Waals surface area contributed by atoms with E-state index in [1.807, 2.05) is 0 Å². The minimum atomic E-state index is -0.486. The molecule has 0 saturated heterocycles. The van der Waals surface area contributed by atoms with Gasteiger partial charge in [-0.2, -0.15) is 0 Å². The molecule has 0 saturated carbocycles. The minimum absolute atomic E-state index is 0.0139. The number of aliphatic hydroxyl groups excluding tert-OH is 1. The average molecular weight is 230 g/mol. The molecule has 0 aromatic heterocycles. The van der Waals surface area contributed by atoms with E-state index in [1.165, 1.54) is 24.3 Å². The number of nitro benzene ring substituents is 1. The van der Waals surface area contributed by atoms with E-state index in [1.54, 1.807) is 0 Å². The van der Waals surface area contributed by atoms with Crippen molar-refractivity contribution in [2.45, 2.75) is 0 Å². The number of rotatable bonds is 2. The zero-order chi connectivity index (χ0) is 9.14. The van der Waals surface area contributed by atoms with E-state index in [9.17, 15) is 10.1 Å². The van der Waals surface area contributed by atoms with Gasteiger partial charge in [-0.25, -0.2) is 0 Å². The van der Waals surface area contributed by atoms with Gasteiger partial charge in [0.2, 0.25) is 0 Å². The molecule has 0 fully saturated rings. The van der Waals surface area contributed by atoms with Gasteiger partial charge >= 0.3 is 75.8 Å². The van der Waals surface area contributed by atoms with Crippen LogP contribution in [0.3, 0.4) is 0 Å². The fourth-order valence-electron chi connectivity index (χ4n) is 0.726. The molecule has 0 bridgehead atoms. The molecular formula is C7H5NO3Se. The van der Waals surface area contributed by atoms with Crippen molar-refractivity contribution in [2.24, 2.45) is 0 Å². The summed E-state index contributed by atoms with van der Waals surface area (Å²) in [5, 5.41) is 19.2. The van der Waals surface area contributed by atoms with Gasteiger partial charge in [0.15, 0.2) is 0 Å². The molecule has 0 amide bonds. The predicted octanol–water partition coefficient (Wildman–Crippen LogP) is 0.614. The Balaban J connectivity index is 3.01. The average Bonchev–Trinajstić information content (AvgIpc) is 2.04. The monoisotopic (exact) mass is 231 g/mol. The van der Waals surface area contributed by atoms with Crippen LogP contribution in [-0.4, -0.2) is 30.2 Å². The molecule has 12 heavy (non-hydrogen) atoms. The Morgan fingerprint density at radius 1 is 1.42 bits per heavy atom. The van der Waals surface area contributed by atoms with E-state index in [0.717, 1.165) is 0 Å². The van der Waals surface area contributed by atoms with E-state index in [0.29, 0.717) is 5.56 Å². The number of nitro groups is 1. The van der Waals surface area contributed by atoms with Gasteiger partial charge in [-0.05, 0) is 0 Å². The van der Waals surface area contributed by atoms with Crippen LogP contribution in [-0.2, 0) is 0 Å². The first kappa shape index (κ1) is 8.90. The molecule has 1 aromatic rings. The van der Waals surface area contributed by atoms with Crippen molar-refractivity contribution in [1.82, 2.24) is 0 Å². The van der Waals surface area contributed by atoms with Crippen molar-refractivity contribution >= 4 is 25.9 Å². The predicted molar refractivity (Wildman–Crippen MR) is 44.9 cm³/mol. The van der Waals surface area contributed by atoms with Gasteiger partial charge in [-0.1, -0.05) is 0 Å². The van der Waals surface area contributed by atoms with Crippen molar-refractivity contribution < 1.29 is 10.0 Å². The topological polar surface area (TPSA) is 63.4 Å². The molecule has 0 aliphatic carbocycles. The second-order valence-electron chi connectivity index (χ2n) is 2.11. The van der Waals surface area contributed by atoms with Gasteiger partial charge in [0.05, 0.1) is 0 Å². The van der Waals surface area contributed by atoms with E-state index in [4.69, 9.17) is 5.11 Å². The van der Waals surface area contributed by atoms with Gasteiger partial charge in [-0.15, -0.1) is 0 Å². The Hall–Kier alpha value is -1.19. The van der Waals surface area contributed by atoms with Crippen molar-refractivity contribution in [2.75, 3.05) is 0 Å². The number of hydrogen-bond acceptors (Lipinski definition) is 3. The summed E-state index contributed by atoms with van der Waals surface area (Å²) in [5.41, 5.74) is 0.556. The second-order valence-corrected chi connectivity index (χ2v) is 2.92. The Labute approximate surface area is 76.3 Å². The van der Waals surface area contributed by atoms with Gasteiger partial charge in [0, 0.05) is 0 Å². The summed E-state index contributed by atoms with van der Waals surface area (Å²) < 4.78 is 0.0323. The molecule has 62 valence electrons. The summed E-state index contributed by atoms with van der Waals surface area (Å²) in [7, 11) is 0. The van der Waals surface area contributed by atoms with Gasteiger partial charge in [0.25, 0.3) is 0 Å². The van der Waals surface area contributed by atoms with Crippen LogP contribution in [0, 0.1) is 10.1 Å². The maximum atomic E-state index is 10.2. The zero-order valence-electron chi connectivity index (χ0n) is 5.93. The van der Waals surface area contributed by atoms with Gasteiger partial charge in [-0.3, -0.25) is 0 Å². The zero-order valence-corrected chi connectivity index (χ0v) is 7.64. The Bertz CT molecular complexity index is 287. The van der Waals surface area contributed by atoms with Crippen LogP contribution in [0.4, 0.5) is 5.69 Å². The quantitative estimate of drug-likeness (QED) is 0.460. The van der Waals surface area contributed by atoms with Crippen LogP contribution >= 0.6 is 0 Å². The first-order chi connectivity index (χ1) is 5.61. The fourth-order valence-corrected chi connectivity index (χ4v) is 1.01. The Morgan fingerprint density at radius 2 is 1.92 bits per heavy atom. The molecule has 1 rings (SSSR count). The first-order valence-corrected chi connectivity index (χ1v) is 3.94. The molecule has 1 aromatic carbocycles. The molecule has 0 aliphatic heterocycles. The van der Waals surface area contributed by atoms with Crippen LogP contribution < -0.4 is 0 Å². The number of benzene rings is 1. The van der Waals surface area contributed by atoms with Crippen molar-refractivity contribution in [3.05, 3.63) is 39.9 Å². The molecule has 0 radical (unpaired) electrons. The van der Waals surface area contributed by atoms with Crippen LogP contribution in [0.5, 0.6) is 0 Å². The summed E-state index contributed by atoms with van der Waals surface area (Å²) in [4.78, 5) is 9.72. The molecule has 1 N–H and O–H groups in total. The molecule has 4 nitrogen and oxygen atoms in total. The number of non-ortho nitro benzene ring substituents is 1. The number of hydrogen-bond donors (Lipinski definition) is 1. The van der Waals surface area contributed by atoms with Crippen LogP contribution in [0.1, 0.15) is 5.56 Å². The maximum absolute atomic E-state index is 10.2. The summed E-state index contributed by atoms with van der Waals surface area (Å²) in [5.74, 6) is 0. The summed E-state index contributed by atoms with van der Waals surface area (Å²) >= 11 is 2.41. The van der Waals surface area contributed by atoms with Crippen LogP contribution in [0.15, 0.2) is 24.3 Å². The third-order valence-corrected chi connectivity index (χ3v) is 1.82. The molecule has 0 aliphatic rings. The molecule has 0 atom stereocenters. The molecule has 0 heterocycles. The van der Waals surface area contributed by atoms with Gasteiger partial charge < -0.3 is 0 Å². The van der Waals surface area contributed by atoms with E-state index < -0.39 is 4.92 Å². The van der Waals surface area contributed by atoms with E-state index in [2.05, 4.69) is 15.6 Å². The van der Waals surface area contributed by atoms with Crippen LogP contribution in [0.2, 0.25) is 0 Å². The Morgan fingerprint density at radius 3 is 2.25 bits per heavy atom. The van der Waals surface area contributed by atoms with Crippen molar-refractivity contribution in [1.29, 1.82) is 0 Å². The molecular weight excluding hydrogens is 225 g/mol. The first-order valence-electron chi connectivity index (χ1n) is 3.09. The summed E-state index contributed by atoms with van der Waals surface area (Å²) in [6.07, 6.45) is 0.